The van der Waals surface area contributed by atoms with E-state index in [0.29, 0.717) is 18.6 Å². The van der Waals surface area contributed by atoms with E-state index in [-0.39, 0.29) is 11.0 Å². The minimum Gasteiger partial charge on any atom is -0.494 e. The van der Waals surface area contributed by atoms with Crippen LogP contribution in [0.1, 0.15) is 17.3 Å². The summed E-state index contributed by atoms with van der Waals surface area (Å²) in [6.07, 6.45) is 0.567. The first-order valence-corrected chi connectivity index (χ1v) is 4.27. The molecule has 5 heteroatoms. The minimum absolute atomic E-state index is 0.115. The third-order valence-corrected chi connectivity index (χ3v) is 1.78. The third kappa shape index (κ3) is 2.13. The average Bonchev–Trinajstić information content (AvgIpc) is 2.17. The zero-order valence-corrected chi connectivity index (χ0v) is 7.80. The number of carbonyl (C=O) groups excluding carboxylic acids is 1. The second kappa shape index (κ2) is 4.78. The van der Waals surface area contributed by atoms with Crippen LogP contribution in [0.4, 0.5) is 0 Å². The fraction of sp³-hybridized carbons (Fsp3) is 0.222. The van der Waals surface area contributed by atoms with Gasteiger partial charge in [-0.1, -0.05) is 12.1 Å². The van der Waals surface area contributed by atoms with Crippen molar-refractivity contribution in [1.29, 1.82) is 0 Å². The lowest BCUT2D eigenvalue weighted by Crippen LogP contribution is -2.34. The van der Waals surface area contributed by atoms with Gasteiger partial charge in [0.25, 0.3) is 0 Å². The van der Waals surface area contributed by atoms with Crippen molar-refractivity contribution in [2.24, 2.45) is 0 Å². The molecule has 1 aromatic carbocycles. The van der Waals surface area contributed by atoms with Gasteiger partial charge >= 0.3 is 7.12 Å². The van der Waals surface area contributed by atoms with Gasteiger partial charge in [0.1, 0.15) is 12.0 Å². The molecule has 0 amide bonds. The molecule has 0 spiro atoms. The maximum absolute atomic E-state index is 10.6. The predicted octanol–water partition coefficient (Wildman–Crippen LogP) is -0.422. The molecule has 4 nitrogen and oxygen atoms in total. The average molecular weight is 194 g/mol. The Labute approximate surface area is 82.3 Å². The van der Waals surface area contributed by atoms with Crippen LogP contribution < -0.4 is 10.2 Å². The Hall–Kier alpha value is -1.33. The Kier molecular flexibility index (Phi) is 3.68. The van der Waals surface area contributed by atoms with Gasteiger partial charge in [0.2, 0.25) is 0 Å². The van der Waals surface area contributed by atoms with Gasteiger partial charge in [0.05, 0.1) is 6.61 Å². The minimum atomic E-state index is -1.70. The fourth-order valence-electron chi connectivity index (χ4n) is 1.22. The molecular weight excluding hydrogens is 183 g/mol. The lowest BCUT2D eigenvalue weighted by molar-refractivity contribution is 0.112. The van der Waals surface area contributed by atoms with Crippen molar-refractivity contribution in [2.45, 2.75) is 6.92 Å². The van der Waals surface area contributed by atoms with Gasteiger partial charge in [-0.15, -0.1) is 0 Å². The summed E-state index contributed by atoms with van der Waals surface area (Å²) < 4.78 is 5.16. The maximum Gasteiger partial charge on any atom is 0.492 e. The summed E-state index contributed by atoms with van der Waals surface area (Å²) >= 11 is 0. The Bertz CT molecular complexity index is 325. The number of carbonyl (C=O) groups is 1. The lowest BCUT2D eigenvalue weighted by atomic mass is 9.76. The molecule has 74 valence electrons. The van der Waals surface area contributed by atoms with Gasteiger partial charge < -0.3 is 14.8 Å². The monoisotopic (exact) mass is 194 g/mol. The van der Waals surface area contributed by atoms with E-state index in [4.69, 9.17) is 14.8 Å². The first kappa shape index (κ1) is 10.8. The molecule has 0 aliphatic rings. The molecule has 1 aromatic rings. The highest BCUT2D eigenvalue weighted by atomic mass is 16.5. The fourth-order valence-corrected chi connectivity index (χ4v) is 1.22. The smallest absolute Gasteiger partial charge is 0.492 e. The highest BCUT2D eigenvalue weighted by Gasteiger charge is 2.20. The highest BCUT2D eigenvalue weighted by Crippen LogP contribution is 2.10. The predicted molar refractivity (Wildman–Crippen MR) is 52.8 cm³/mol. The number of aldehydes is 1. The van der Waals surface area contributed by atoms with Crippen LogP contribution in [-0.2, 0) is 0 Å². The topological polar surface area (TPSA) is 66.8 Å². The molecule has 0 heterocycles. The molecule has 0 unspecified atom stereocenters. The van der Waals surface area contributed by atoms with Crippen LogP contribution in [0.2, 0.25) is 0 Å². The van der Waals surface area contributed by atoms with Crippen LogP contribution in [0.5, 0.6) is 5.75 Å². The van der Waals surface area contributed by atoms with E-state index < -0.39 is 7.12 Å². The first-order valence-electron chi connectivity index (χ1n) is 4.27. The molecule has 1 rings (SSSR count). The van der Waals surface area contributed by atoms with E-state index in [0.717, 1.165) is 0 Å². The van der Waals surface area contributed by atoms with E-state index in [1.54, 1.807) is 19.1 Å². The molecular formula is C9H11BO4. The molecule has 0 radical (unpaired) electrons. The normalized spacial score (nSPS) is 9.64. The van der Waals surface area contributed by atoms with Crippen LogP contribution >= 0.6 is 0 Å². The zero-order valence-electron chi connectivity index (χ0n) is 7.80. The Morgan fingerprint density at radius 1 is 1.50 bits per heavy atom. The zero-order chi connectivity index (χ0) is 10.6. The van der Waals surface area contributed by atoms with E-state index >= 15 is 0 Å². The largest absolute Gasteiger partial charge is 0.494 e. The van der Waals surface area contributed by atoms with Gasteiger partial charge in [-0.25, -0.2) is 0 Å². The quantitative estimate of drug-likeness (QED) is 0.504. The second-order valence-corrected chi connectivity index (χ2v) is 2.68. The summed E-state index contributed by atoms with van der Waals surface area (Å²) in [5.74, 6) is 0.326. The molecule has 0 aliphatic heterocycles. The van der Waals surface area contributed by atoms with E-state index in [1.165, 1.54) is 6.07 Å². The molecule has 0 atom stereocenters. The van der Waals surface area contributed by atoms with Crippen LogP contribution in [0.3, 0.4) is 0 Å². The first-order chi connectivity index (χ1) is 6.70. The summed E-state index contributed by atoms with van der Waals surface area (Å²) in [6.45, 7) is 2.18. The summed E-state index contributed by atoms with van der Waals surface area (Å²) in [4.78, 5) is 10.6. The van der Waals surface area contributed by atoms with Crippen molar-refractivity contribution in [2.75, 3.05) is 6.61 Å². The molecule has 0 saturated heterocycles. The summed E-state index contributed by atoms with van der Waals surface area (Å²) in [5.41, 5.74) is 0.343. The van der Waals surface area contributed by atoms with Gasteiger partial charge in [0.15, 0.2) is 0 Å². The molecule has 0 aliphatic carbocycles. The molecule has 0 saturated carbocycles. The highest BCUT2D eigenvalue weighted by molar-refractivity contribution is 6.61. The Morgan fingerprint density at radius 3 is 2.71 bits per heavy atom. The van der Waals surface area contributed by atoms with Crippen molar-refractivity contribution in [3.8, 4) is 5.75 Å². The third-order valence-electron chi connectivity index (χ3n) is 1.78. The molecule has 2 N–H and O–H groups in total. The molecule has 14 heavy (non-hydrogen) atoms. The number of hydrogen-bond donors (Lipinski definition) is 2. The van der Waals surface area contributed by atoms with E-state index in [2.05, 4.69) is 0 Å². The maximum atomic E-state index is 10.6. The summed E-state index contributed by atoms with van der Waals surface area (Å²) in [5, 5.41) is 18.1. The van der Waals surface area contributed by atoms with Crippen LogP contribution in [0.25, 0.3) is 0 Å². The van der Waals surface area contributed by atoms with Gasteiger partial charge in [-0.2, -0.15) is 0 Å². The standard InChI is InChI=1S/C9H11BO4/c1-2-14-8-5-3-4-7(6-11)9(8)10(12)13/h3-6,12-13H,2H2,1H3. The van der Waals surface area contributed by atoms with E-state index in [9.17, 15) is 4.79 Å². The van der Waals surface area contributed by atoms with Crippen molar-refractivity contribution >= 4 is 18.9 Å². The van der Waals surface area contributed by atoms with Gasteiger partial charge in [-0.05, 0) is 13.0 Å². The Balaban J connectivity index is 3.20. The second-order valence-electron chi connectivity index (χ2n) is 2.68. The van der Waals surface area contributed by atoms with Gasteiger partial charge in [0, 0.05) is 11.0 Å². The molecule has 0 aromatic heterocycles. The van der Waals surface area contributed by atoms with Crippen molar-refractivity contribution in [3.05, 3.63) is 23.8 Å². The SMILES string of the molecule is CCOc1cccc(C=O)c1B(O)O. The summed E-state index contributed by atoms with van der Waals surface area (Å²) in [7, 11) is -1.70. The van der Waals surface area contributed by atoms with Crippen LogP contribution in [-0.4, -0.2) is 30.1 Å². The van der Waals surface area contributed by atoms with Crippen LogP contribution in [0.15, 0.2) is 18.2 Å². The number of hydrogen-bond acceptors (Lipinski definition) is 4. The Morgan fingerprint density at radius 2 is 2.21 bits per heavy atom. The summed E-state index contributed by atoms with van der Waals surface area (Å²) in [6, 6.07) is 4.72. The molecule has 0 bridgehead atoms. The molecule has 0 fully saturated rings. The number of rotatable bonds is 4. The van der Waals surface area contributed by atoms with E-state index in [1.807, 2.05) is 0 Å². The number of benzene rings is 1. The van der Waals surface area contributed by atoms with Crippen molar-refractivity contribution in [3.63, 3.8) is 0 Å². The van der Waals surface area contributed by atoms with Crippen molar-refractivity contribution in [1.82, 2.24) is 0 Å². The van der Waals surface area contributed by atoms with Crippen molar-refractivity contribution < 1.29 is 19.6 Å². The number of ether oxygens (including phenoxy) is 1. The van der Waals surface area contributed by atoms with Gasteiger partial charge in [-0.3, -0.25) is 4.79 Å². The lowest BCUT2D eigenvalue weighted by Gasteiger charge is -2.10. The van der Waals surface area contributed by atoms with Crippen LogP contribution in [0, 0.1) is 0 Å².